The van der Waals surface area contributed by atoms with Crippen LogP contribution in [0.1, 0.15) is 31.0 Å². The Hall–Kier alpha value is -4.08. The Morgan fingerprint density at radius 3 is 2.55 bits per heavy atom. The summed E-state index contributed by atoms with van der Waals surface area (Å²) in [5.74, 6) is 0.211. The number of fused-ring (bicyclic) bond motifs is 3. The zero-order chi connectivity index (χ0) is 28.0. The highest BCUT2D eigenvalue weighted by atomic mass is 32.2. The van der Waals surface area contributed by atoms with Gasteiger partial charge in [-0.25, -0.2) is 9.79 Å². The van der Waals surface area contributed by atoms with Crippen LogP contribution in [0.25, 0.3) is 6.08 Å². The lowest BCUT2D eigenvalue weighted by molar-refractivity contribution is -0.139. The molecular formula is C31H27N3O4S2. The number of anilines is 2. The van der Waals surface area contributed by atoms with Crippen molar-refractivity contribution in [2.24, 2.45) is 4.99 Å². The summed E-state index contributed by atoms with van der Waals surface area (Å²) in [4.78, 5) is 36.7. The fraction of sp³-hybridized carbons (Fsp3) is 0.194. The first-order valence-corrected chi connectivity index (χ1v) is 14.5. The highest BCUT2D eigenvalue weighted by molar-refractivity contribution is 7.99. The monoisotopic (exact) mass is 569 g/mol. The molecule has 0 radical (unpaired) electrons. The van der Waals surface area contributed by atoms with Gasteiger partial charge in [-0.05, 0) is 67.4 Å². The van der Waals surface area contributed by atoms with Crippen molar-refractivity contribution in [1.29, 1.82) is 0 Å². The minimum Gasteiger partial charge on any atom is -0.497 e. The van der Waals surface area contributed by atoms with Crippen LogP contribution in [0.15, 0.2) is 97.6 Å². The van der Waals surface area contributed by atoms with Gasteiger partial charge in [0.05, 0.1) is 46.9 Å². The number of allylic oxidation sites excluding steroid dienone is 1. The number of hydrogen-bond donors (Lipinski definition) is 0. The van der Waals surface area contributed by atoms with E-state index in [2.05, 4.69) is 41.2 Å². The minimum absolute atomic E-state index is 0.202. The van der Waals surface area contributed by atoms with Gasteiger partial charge < -0.3 is 14.4 Å². The van der Waals surface area contributed by atoms with E-state index in [9.17, 15) is 9.59 Å². The Morgan fingerprint density at radius 1 is 1.05 bits per heavy atom. The largest absolute Gasteiger partial charge is 0.497 e. The number of aromatic nitrogens is 1. The van der Waals surface area contributed by atoms with Gasteiger partial charge in [0.2, 0.25) is 0 Å². The number of esters is 1. The van der Waals surface area contributed by atoms with Crippen LogP contribution >= 0.6 is 23.1 Å². The number of rotatable bonds is 5. The van der Waals surface area contributed by atoms with Crippen LogP contribution in [0.4, 0.5) is 11.4 Å². The van der Waals surface area contributed by atoms with Crippen molar-refractivity contribution in [3.8, 4) is 5.75 Å². The summed E-state index contributed by atoms with van der Waals surface area (Å²) < 4.78 is 12.9. The first-order chi connectivity index (χ1) is 19.4. The van der Waals surface area contributed by atoms with Crippen molar-refractivity contribution in [3.63, 3.8) is 0 Å². The van der Waals surface area contributed by atoms with E-state index in [1.165, 1.54) is 21.9 Å². The second kappa shape index (κ2) is 10.5. The molecule has 0 aliphatic carbocycles. The third-order valence-corrected chi connectivity index (χ3v) is 9.13. The SMILES string of the molecule is CCOC(=O)C1=C(C)N=c2s/c(=C/c3ccc4c(c3)Sc3ccccc3N4C)c(=O)n2[C@@H]1c1ccc(OC)cc1. The average molecular weight is 570 g/mol. The fourth-order valence-corrected chi connectivity index (χ4v) is 7.34. The quantitative estimate of drug-likeness (QED) is 0.314. The van der Waals surface area contributed by atoms with E-state index in [1.807, 2.05) is 48.5 Å². The number of hydrogen-bond acceptors (Lipinski definition) is 8. The Labute approximate surface area is 239 Å². The molecule has 0 amide bonds. The number of ether oxygens (including phenoxy) is 2. The molecule has 0 bridgehead atoms. The van der Waals surface area contributed by atoms with Gasteiger partial charge in [0.25, 0.3) is 5.56 Å². The van der Waals surface area contributed by atoms with Crippen LogP contribution in [-0.2, 0) is 9.53 Å². The van der Waals surface area contributed by atoms with Gasteiger partial charge in [-0.15, -0.1) is 0 Å². The van der Waals surface area contributed by atoms with Gasteiger partial charge in [0, 0.05) is 16.8 Å². The Balaban J connectivity index is 1.46. The minimum atomic E-state index is -0.660. The summed E-state index contributed by atoms with van der Waals surface area (Å²) in [6, 6.07) is 21.3. The number of thiazole rings is 1. The first-order valence-electron chi connectivity index (χ1n) is 12.9. The Bertz CT molecular complexity index is 1850. The Kier molecular flexibility index (Phi) is 6.85. The highest BCUT2D eigenvalue weighted by Gasteiger charge is 2.33. The molecule has 6 rings (SSSR count). The maximum Gasteiger partial charge on any atom is 0.338 e. The van der Waals surface area contributed by atoms with Crippen molar-refractivity contribution >= 4 is 46.5 Å². The first kappa shape index (κ1) is 26.2. The summed E-state index contributed by atoms with van der Waals surface area (Å²) in [5.41, 5.74) is 4.69. The van der Waals surface area contributed by atoms with E-state index in [-0.39, 0.29) is 12.2 Å². The third kappa shape index (κ3) is 4.45. The van der Waals surface area contributed by atoms with Crippen molar-refractivity contribution in [2.75, 3.05) is 25.7 Å². The summed E-state index contributed by atoms with van der Waals surface area (Å²) in [7, 11) is 3.67. The molecule has 9 heteroatoms. The lowest BCUT2D eigenvalue weighted by Gasteiger charge is -2.29. The van der Waals surface area contributed by atoms with E-state index in [0.29, 0.717) is 26.4 Å². The summed E-state index contributed by atoms with van der Waals surface area (Å²) in [5, 5.41) is 0. The molecule has 2 aliphatic rings. The molecule has 3 aromatic carbocycles. The summed E-state index contributed by atoms with van der Waals surface area (Å²) >= 11 is 3.04. The molecule has 0 fully saturated rings. The van der Waals surface area contributed by atoms with Crippen LogP contribution in [0.3, 0.4) is 0 Å². The second-order valence-electron chi connectivity index (χ2n) is 9.43. The topological polar surface area (TPSA) is 73.1 Å². The maximum absolute atomic E-state index is 13.9. The van der Waals surface area contributed by atoms with Gasteiger partial charge in [-0.2, -0.15) is 0 Å². The summed E-state index contributed by atoms with van der Waals surface area (Å²) in [6.07, 6.45) is 1.90. The third-order valence-electron chi connectivity index (χ3n) is 7.04. The molecule has 0 saturated carbocycles. The number of nitrogens with zero attached hydrogens (tertiary/aromatic N) is 3. The van der Waals surface area contributed by atoms with Crippen molar-refractivity contribution < 1.29 is 14.3 Å². The predicted octanol–water partition coefficient (Wildman–Crippen LogP) is 5.04. The smallest absolute Gasteiger partial charge is 0.338 e. The van der Waals surface area contributed by atoms with Gasteiger partial charge in [0.1, 0.15) is 5.75 Å². The van der Waals surface area contributed by atoms with Crippen molar-refractivity contribution in [3.05, 3.63) is 109 Å². The molecule has 0 saturated heterocycles. The lowest BCUT2D eigenvalue weighted by Crippen LogP contribution is -2.39. The standard InChI is InChI=1S/C31H27N3O4S2/c1-5-38-30(36)27-18(2)32-31-34(28(27)20-11-13-21(37-4)14-12-20)29(35)26(40-31)17-19-10-15-23-25(16-19)39-24-9-7-6-8-22(24)33(23)3/h6-17,28H,5H2,1-4H3/b26-17+/t28-/m1/s1. The Morgan fingerprint density at radius 2 is 1.80 bits per heavy atom. The second-order valence-corrected chi connectivity index (χ2v) is 11.5. The zero-order valence-corrected chi connectivity index (χ0v) is 24.1. The van der Waals surface area contributed by atoms with Crippen LogP contribution in [0.2, 0.25) is 0 Å². The lowest BCUT2D eigenvalue weighted by atomic mass is 9.96. The van der Waals surface area contributed by atoms with Crippen molar-refractivity contribution in [1.82, 2.24) is 4.57 Å². The average Bonchev–Trinajstić information content (AvgIpc) is 3.26. The van der Waals surface area contributed by atoms with Crippen LogP contribution in [-0.4, -0.2) is 31.3 Å². The van der Waals surface area contributed by atoms with E-state index < -0.39 is 12.0 Å². The fourth-order valence-electron chi connectivity index (χ4n) is 5.09. The molecule has 0 N–H and O–H groups in total. The number of methoxy groups -OCH3 is 1. The van der Waals surface area contributed by atoms with Crippen LogP contribution in [0.5, 0.6) is 5.75 Å². The molecular weight excluding hydrogens is 542 g/mol. The molecule has 1 aromatic heterocycles. The number of carbonyl (C=O) groups is 1. The number of carbonyl (C=O) groups excluding carboxylic acids is 1. The summed E-state index contributed by atoms with van der Waals surface area (Å²) in [6.45, 7) is 3.78. The molecule has 0 unspecified atom stereocenters. The number of benzene rings is 3. The van der Waals surface area contributed by atoms with E-state index in [1.54, 1.807) is 37.3 Å². The number of para-hydroxylation sites is 1. The molecule has 3 heterocycles. The normalized spacial score (nSPS) is 16.1. The van der Waals surface area contributed by atoms with Gasteiger partial charge in [-0.3, -0.25) is 9.36 Å². The zero-order valence-electron chi connectivity index (χ0n) is 22.5. The molecule has 40 heavy (non-hydrogen) atoms. The molecule has 2 aliphatic heterocycles. The maximum atomic E-state index is 13.9. The van der Waals surface area contributed by atoms with E-state index >= 15 is 0 Å². The van der Waals surface area contributed by atoms with E-state index in [0.717, 1.165) is 21.7 Å². The van der Waals surface area contributed by atoms with Crippen molar-refractivity contribution in [2.45, 2.75) is 29.7 Å². The van der Waals surface area contributed by atoms with Crippen LogP contribution in [0, 0.1) is 0 Å². The molecule has 4 aromatic rings. The molecule has 1 atom stereocenters. The van der Waals surface area contributed by atoms with Gasteiger partial charge in [0.15, 0.2) is 4.80 Å². The molecule has 7 nitrogen and oxygen atoms in total. The predicted molar refractivity (Wildman–Crippen MR) is 158 cm³/mol. The molecule has 0 spiro atoms. The highest BCUT2D eigenvalue weighted by Crippen LogP contribution is 2.47. The van der Waals surface area contributed by atoms with E-state index in [4.69, 9.17) is 9.47 Å². The van der Waals surface area contributed by atoms with Gasteiger partial charge in [-0.1, -0.05) is 53.4 Å². The van der Waals surface area contributed by atoms with Gasteiger partial charge >= 0.3 is 5.97 Å². The molecule has 202 valence electrons. The van der Waals surface area contributed by atoms with Crippen LogP contribution < -0.4 is 24.5 Å².